The maximum Gasteiger partial charge on any atom is 0.155 e. The number of halogens is 1. The molecule has 0 saturated heterocycles. The van der Waals surface area contributed by atoms with Gasteiger partial charge in [-0.05, 0) is 11.6 Å². The van der Waals surface area contributed by atoms with Gasteiger partial charge < -0.3 is 5.73 Å². The molecule has 18 heavy (non-hydrogen) atoms. The molecule has 3 rings (SSSR count). The van der Waals surface area contributed by atoms with Crippen molar-refractivity contribution in [2.45, 2.75) is 6.54 Å². The second-order valence-corrected chi connectivity index (χ2v) is 3.80. The molecule has 2 aromatic heterocycles. The summed E-state index contributed by atoms with van der Waals surface area (Å²) in [6.07, 6.45) is 1.67. The Hall–Kier alpha value is -2.14. The summed E-state index contributed by atoms with van der Waals surface area (Å²) in [5.41, 5.74) is 8.47. The van der Waals surface area contributed by atoms with Crippen molar-refractivity contribution in [1.82, 2.24) is 20.0 Å². The fourth-order valence-electron chi connectivity index (χ4n) is 1.79. The second-order valence-electron chi connectivity index (χ2n) is 3.80. The number of fused-ring (bicyclic) bond motifs is 1. The minimum Gasteiger partial charge on any atom is -0.382 e. The molecule has 2 N–H and O–H groups in total. The van der Waals surface area contributed by atoms with Gasteiger partial charge in [-0.2, -0.15) is 0 Å². The molecule has 6 heteroatoms. The van der Waals surface area contributed by atoms with Crippen molar-refractivity contribution in [3.8, 4) is 0 Å². The largest absolute Gasteiger partial charge is 0.382 e. The van der Waals surface area contributed by atoms with E-state index in [0.29, 0.717) is 17.9 Å². The smallest absolute Gasteiger partial charge is 0.155 e. The van der Waals surface area contributed by atoms with Crippen molar-refractivity contribution in [2.75, 3.05) is 5.73 Å². The van der Waals surface area contributed by atoms with Crippen LogP contribution in [0.3, 0.4) is 0 Å². The molecule has 0 aliphatic carbocycles. The van der Waals surface area contributed by atoms with E-state index in [0.717, 1.165) is 5.52 Å². The van der Waals surface area contributed by atoms with Crippen LogP contribution in [0.4, 0.5) is 5.82 Å². The van der Waals surface area contributed by atoms with E-state index in [2.05, 4.69) is 27.4 Å². The predicted octanol–water partition coefficient (Wildman–Crippen LogP) is 1.88. The van der Waals surface area contributed by atoms with Gasteiger partial charge in [0.2, 0.25) is 0 Å². The molecular formula is C12H12ClN5. The van der Waals surface area contributed by atoms with Gasteiger partial charge in [0.25, 0.3) is 0 Å². The number of hydrogen-bond donors (Lipinski definition) is 1. The molecule has 0 aliphatic heterocycles. The highest BCUT2D eigenvalue weighted by atomic mass is 35.5. The van der Waals surface area contributed by atoms with Crippen LogP contribution >= 0.6 is 12.4 Å². The van der Waals surface area contributed by atoms with Crippen molar-refractivity contribution < 1.29 is 0 Å². The first kappa shape index (κ1) is 12.3. The van der Waals surface area contributed by atoms with E-state index in [1.807, 2.05) is 28.9 Å². The summed E-state index contributed by atoms with van der Waals surface area (Å²) >= 11 is 0. The first-order chi connectivity index (χ1) is 8.34. The lowest BCUT2D eigenvalue weighted by atomic mass is 10.2. The Morgan fingerprint density at radius 2 is 1.89 bits per heavy atom. The summed E-state index contributed by atoms with van der Waals surface area (Å²) in [5, 5.41) is 8.14. The van der Waals surface area contributed by atoms with E-state index in [1.54, 1.807) is 6.20 Å². The van der Waals surface area contributed by atoms with Gasteiger partial charge in [0.15, 0.2) is 11.3 Å². The standard InChI is InChI=1S/C12H11N5.ClH/c13-12-11-10(6-7-14-12)17(16-15-11)8-9-4-2-1-3-5-9;/h1-7H,8H2,(H2,13,14);1H. The van der Waals surface area contributed by atoms with E-state index < -0.39 is 0 Å². The number of rotatable bonds is 2. The van der Waals surface area contributed by atoms with E-state index in [-0.39, 0.29) is 12.4 Å². The predicted molar refractivity (Wildman–Crippen MR) is 72.5 cm³/mol. The Morgan fingerprint density at radius 3 is 2.67 bits per heavy atom. The molecular weight excluding hydrogens is 250 g/mol. The lowest BCUT2D eigenvalue weighted by Gasteiger charge is -2.02. The number of nitrogens with two attached hydrogens (primary N) is 1. The number of nitrogen functional groups attached to an aromatic ring is 1. The van der Waals surface area contributed by atoms with Crippen LogP contribution in [0.15, 0.2) is 42.6 Å². The van der Waals surface area contributed by atoms with Crippen LogP contribution in [0, 0.1) is 0 Å². The van der Waals surface area contributed by atoms with Crippen LogP contribution in [0.2, 0.25) is 0 Å². The van der Waals surface area contributed by atoms with E-state index >= 15 is 0 Å². The summed E-state index contributed by atoms with van der Waals surface area (Å²) < 4.78 is 1.82. The van der Waals surface area contributed by atoms with Crippen molar-refractivity contribution in [3.63, 3.8) is 0 Å². The fraction of sp³-hybridized carbons (Fsp3) is 0.0833. The topological polar surface area (TPSA) is 69.6 Å². The van der Waals surface area contributed by atoms with Gasteiger partial charge in [0, 0.05) is 6.20 Å². The fourth-order valence-corrected chi connectivity index (χ4v) is 1.79. The van der Waals surface area contributed by atoms with Gasteiger partial charge >= 0.3 is 0 Å². The minimum atomic E-state index is 0. The van der Waals surface area contributed by atoms with Gasteiger partial charge in [-0.15, -0.1) is 17.5 Å². The highest BCUT2D eigenvalue weighted by Gasteiger charge is 2.07. The van der Waals surface area contributed by atoms with Crippen LogP contribution in [0.1, 0.15) is 5.56 Å². The van der Waals surface area contributed by atoms with Crippen LogP contribution in [0.25, 0.3) is 11.0 Å². The minimum absolute atomic E-state index is 0. The van der Waals surface area contributed by atoms with Crippen molar-refractivity contribution in [1.29, 1.82) is 0 Å². The number of hydrogen-bond acceptors (Lipinski definition) is 4. The molecule has 0 spiro atoms. The Labute approximate surface area is 110 Å². The molecule has 1 aromatic carbocycles. The average molecular weight is 262 g/mol. The summed E-state index contributed by atoms with van der Waals surface area (Å²) in [6, 6.07) is 12.0. The van der Waals surface area contributed by atoms with Gasteiger partial charge in [-0.1, -0.05) is 35.5 Å². The Kier molecular flexibility index (Phi) is 3.43. The van der Waals surface area contributed by atoms with E-state index in [4.69, 9.17) is 5.73 Å². The van der Waals surface area contributed by atoms with Crippen LogP contribution in [0.5, 0.6) is 0 Å². The maximum absolute atomic E-state index is 5.74. The van der Waals surface area contributed by atoms with Crippen LogP contribution < -0.4 is 5.73 Å². The quantitative estimate of drug-likeness (QED) is 0.765. The number of anilines is 1. The molecule has 3 aromatic rings. The summed E-state index contributed by atoms with van der Waals surface area (Å²) in [4.78, 5) is 3.99. The number of pyridine rings is 1. The maximum atomic E-state index is 5.74. The molecule has 0 saturated carbocycles. The number of benzene rings is 1. The molecule has 0 bridgehead atoms. The van der Waals surface area contributed by atoms with Crippen LogP contribution in [-0.2, 0) is 6.54 Å². The molecule has 0 fully saturated rings. The van der Waals surface area contributed by atoms with E-state index in [9.17, 15) is 0 Å². The summed E-state index contributed by atoms with van der Waals surface area (Å²) in [6.45, 7) is 0.681. The zero-order chi connectivity index (χ0) is 11.7. The third kappa shape index (κ3) is 2.12. The highest BCUT2D eigenvalue weighted by molar-refractivity contribution is 5.85. The molecule has 2 heterocycles. The number of nitrogens with zero attached hydrogens (tertiary/aromatic N) is 4. The first-order valence-corrected chi connectivity index (χ1v) is 5.32. The Bertz CT molecular complexity index is 650. The Balaban J connectivity index is 0.00000120. The molecule has 0 radical (unpaired) electrons. The molecule has 0 aliphatic rings. The monoisotopic (exact) mass is 261 g/mol. The first-order valence-electron chi connectivity index (χ1n) is 5.32. The third-order valence-electron chi connectivity index (χ3n) is 2.64. The lowest BCUT2D eigenvalue weighted by molar-refractivity contribution is 0.670. The molecule has 92 valence electrons. The summed E-state index contributed by atoms with van der Waals surface area (Å²) in [5.74, 6) is 0.418. The average Bonchev–Trinajstić information content (AvgIpc) is 2.76. The molecule has 0 unspecified atom stereocenters. The van der Waals surface area contributed by atoms with Gasteiger partial charge in [-0.25, -0.2) is 9.67 Å². The van der Waals surface area contributed by atoms with Crippen LogP contribution in [-0.4, -0.2) is 20.0 Å². The Morgan fingerprint density at radius 1 is 1.11 bits per heavy atom. The zero-order valence-electron chi connectivity index (χ0n) is 9.52. The lowest BCUT2D eigenvalue weighted by Crippen LogP contribution is -2.01. The van der Waals surface area contributed by atoms with Gasteiger partial charge in [-0.3, -0.25) is 0 Å². The molecule has 0 atom stereocenters. The summed E-state index contributed by atoms with van der Waals surface area (Å²) in [7, 11) is 0. The normalized spacial score (nSPS) is 10.2. The molecule has 0 amide bonds. The van der Waals surface area contributed by atoms with Crippen molar-refractivity contribution >= 4 is 29.3 Å². The van der Waals surface area contributed by atoms with Crippen molar-refractivity contribution in [2.24, 2.45) is 0 Å². The van der Waals surface area contributed by atoms with Crippen molar-refractivity contribution in [3.05, 3.63) is 48.2 Å². The third-order valence-corrected chi connectivity index (χ3v) is 2.64. The second kappa shape index (κ2) is 5.01. The highest BCUT2D eigenvalue weighted by Crippen LogP contribution is 2.16. The van der Waals surface area contributed by atoms with Gasteiger partial charge in [0.1, 0.15) is 0 Å². The number of aromatic nitrogens is 4. The SMILES string of the molecule is Cl.Nc1nccc2c1nnn2Cc1ccccc1. The van der Waals surface area contributed by atoms with E-state index in [1.165, 1.54) is 5.56 Å². The molecule has 5 nitrogen and oxygen atoms in total. The van der Waals surface area contributed by atoms with Gasteiger partial charge in [0.05, 0.1) is 12.1 Å². The zero-order valence-corrected chi connectivity index (χ0v) is 10.3.